The molecule has 0 aromatic carbocycles. The minimum absolute atomic E-state index is 0.160. The number of carboxylic acids is 1. The summed E-state index contributed by atoms with van der Waals surface area (Å²) in [6.45, 7) is 0. The normalized spacial score (nSPS) is 23.8. The maximum absolute atomic E-state index is 10.8. The first-order chi connectivity index (χ1) is 7.29. The second kappa shape index (κ2) is 3.62. The maximum atomic E-state index is 10.8. The molecule has 0 saturated carbocycles. The van der Waals surface area contributed by atoms with Crippen LogP contribution in [-0.2, 0) is 4.79 Å². The maximum Gasteiger partial charge on any atom is 0.413 e. The van der Waals surface area contributed by atoms with Crippen molar-refractivity contribution in [3.8, 4) is 0 Å². The Balaban J connectivity index is 3.22. The molecule has 0 spiro atoms. The number of nitrogens with zero attached hydrogens (tertiary/aromatic N) is 2. The van der Waals surface area contributed by atoms with Gasteiger partial charge in [-0.1, -0.05) is 0 Å². The Morgan fingerprint density at radius 1 is 1.50 bits per heavy atom. The summed E-state index contributed by atoms with van der Waals surface area (Å²) in [5, 5.41) is 27.8. The van der Waals surface area contributed by atoms with Gasteiger partial charge in [0.25, 0.3) is 5.70 Å². The highest BCUT2D eigenvalue weighted by Gasteiger charge is 2.44. The average molecular weight is 229 g/mol. The number of amides is 1. The number of carboxylic acid groups (broad SMARTS) is 2. The summed E-state index contributed by atoms with van der Waals surface area (Å²) in [5.41, 5.74) is 2.41. The average Bonchev–Trinajstić information content (AvgIpc) is 2.17. The van der Waals surface area contributed by atoms with Crippen LogP contribution < -0.4 is 5.73 Å². The molecule has 9 heteroatoms. The molecule has 0 aromatic rings. The molecule has 1 unspecified atom stereocenters. The van der Waals surface area contributed by atoms with Crippen LogP contribution in [0.2, 0.25) is 0 Å². The number of carbonyl (C=O) groups is 2. The van der Waals surface area contributed by atoms with Crippen LogP contribution >= 0.6 is 0 Å². The molecule has 1 aliphatic rings. The van der Waals surface area contributed by atoms with Gasteiger partial charge in [0.1, 0.15) is 0 Å². The van der Waals surface area contributed by atoms with Gasteiger partial charge in [-0.2, -0.15) is 0 Å². The van der Waals surface area contributed by atoms with Crippen LogP contribution in [0.15, 0.2) is 24.0 Å². The fourth-order valence-electron chi connectivity index (χ4n) is 1.07. The molecule has 1 aliphatic heterocycles. The fraction of sp³-hybridized carbons (Fsp3) is 0.143. The zero-order valence-corrected chi connectivity index (χ0v) is 7.73. The molecule has 1 rings (SSSR count). The summed E-state index contributed by atoms with van der Waals surface area (Å²) in [7, 11) is 0. The van der Waals surface area contributed by atoms with E-state index in [-0.39, 0.29) is 4.90 Å². The number of hydrogen-bond donors (Lipinski definition) is 3. The van der Waals surface area contributed by atoms with Crippen molar-refractivity contribution >= 4 is 12.1 Å². The zero-order chi connectivity index (χ0) is 12.5. The van der Waals surface area contributed by atoms with Gasteiger partial charge in [0.05, 0.1) is 11.1 Å². The Hall–Kier alpha value is -2.42. The monoisotopic (exact) mass is 229 g/mol. The molecule has 0 saturated heterocycles. The van der Waals surface area contributed by atoms with Crippen LogP contribution in [0.3, 0.4) is 0 Å². The molecule has 0 aromatic heterocycles. The minimum Gasteiger partial charge on any atom is -0.478 e. The highest BCUT2D eigenvalue weighted by atomic mass is 16.6. The van der Waals surface area contributed by atoms with E-state index in [1.54, 1.807) is 0 Å². The van der Waals surface area contributed by atoms with E-state index in [0.717, 1.165) is 12.2 Å². The van der Waals surface area contributed by atoms with E-state index < -0.39 is 28.3 Å². The first kappa shape index (κ1) is 11.7. The lowest BCUT2D eigenvalue weighted by Crippen LogP contribution is -2.61. The molecule has 1 heterocycles. The van der Waals surface area contributed by atoms with E-state index in [2.05, 4.69) is 0 Å². The van der Waals surface area contributed by atoms with E-state index in [1.807, 2.05) is 0 Å². The number of hydrogen-bond acceptors (Lipinski definition) is 5. The Morgan fingerprint density at radius 2 is 2.06 bits per heavy atom. The summed E-state index contributed by atoms with van der Waals surface area (Å²) in [5.74, 6) is -1.63. The lowest BCUT2D eigenvalue weighted by molar-refractivity contribution is -0.420. The summed E-state index contributed by atoms with van der Waals surface area (Å²) in [4.78, 5) is 31.2. The molecule has 16 heavy (non-hydrogen) atoms. The smallest absolute Gasteiger partial charge is 0.413 e. The quantitative estimate of drug-likeness (QED) is 0.422. The van der Waals surface area contributed by atoms with Crippen molar-refractivity contribution in [3.05, 3.63) is 34.2 Å². The Morgan fingerprint density at radius 3 is 2.44 bits per heavy atom. The van der Waals surface area contributed by atoms with E-state index in [9.17, 15) is 19.7 Å². The van der Waals surface area contributed by atoms with Crippen LogP contribution in [-0.4, -0.2) is 37.8 Å². The third kappa shape index (κ3) is 1.70. The summed E-state index contributed by atoms with van der Waals surface area (Å²) < 4.78 is 0. The van der Waals surface area contributed by atoms with Crippen LogP contribution in [0, 0.1) is 10.1 Å². The predicted octanol–water partition coefficient (Wildman–Crippen LogP) is -0.606. The number of rotatable bonds is 2. The number of aliphatic carboxylic acids is 1. The molecule has 0 aliphatic carbocycles. The molecule has 0 bridgehead atoms. The van der Waals surface area contributed by atoms with Gasteiger partial charge in [-0.05, 0) is 6.08 Å². The van der Waals surface area contributed by atoms with Gasteiger partial charge in [-0.25, -0.2) is 14.5 Å². The van der Waals surface area contributed by atoms with Crippen LogP contribution in [0.1, 0.15) is 0 Å². The van der Waals surface area contributed by atoms with Crippen molar-refractivity contribution in [2.75, 3.05) is 0 Å². The Labute approximate surface area is 88.2 Å². The lowest BCUT2D eigenvalue weighted by atomic mass is 10.1. The zero-order valence-electron chi connectivity index (χ0n) is 7.73. The minimum atomic E-state index is -2.33. The summed E-state index contributed by atoms with van der Waals surface area (Å²) in [6, 6.07) is 0. The third-order valence-corrected chi connectivity index (χ3v) is 1.93. The van der Waals surface area contributed by atoms with Gasteiger partial charge in [-0.3, -0.25) is 15.8 Å². The molecule has 86 valence electrons. The Bertz CT molecular complexity index is 428. The van der Waals surface area contributed by atoms with Crippen molar-refractivity contribution in [2.24, 2.45) is 5.73 Å². The topological polar surface area (TPSA) is 147 Å². The third-order valence-electron chi connectivity index (χ3n) is 1.93. The van der Waals surface area contributed by atoms with Crippen molar-refractivity contribution in [1.82, 2.24) is 4.90 Å². The highest BCUT2D eigenvalue weighted by molar-refractivity contribution is 5.86. The van der Waals surface area contributed by atoms with E-state index in [0.29, 0.717) is 6.20 Å². The standard InChI is InChI=1S/C7H7N3O6/c8-7(5(11)12)2-1-4(10(15)16)3-9(7)6(13)14/h1-3H,8H2,(H,11,12)(H,13,14). The Kier molecular flexibility index (Phi) is 2.64. The number of nitrogens with two attached hydrogens (primary N) is 1. The van der Waals surface area contributed by atoms with Crippen molar-refractivity contribution in [3.63, 3.8) is 0 Å². The highest BCUT2D eigenvalue weighted by Crippen LogP contribution is 2.20. The van der Waals surface area contributed by atoms with Crippen molar-refractivity contribution in [2.45, 2.75) is 5.66 Å². The second-order valence-corrected chi connectivity index (χ2v) is 2.93. The van der Waals surface area contributed by atoms with Crippen molar-refractivity contribution < 1.29 is 24.7 Å². The van der Waals surface area contributed by atoms with E-state index >= 15 is 0 Å². The van der Waals surface area contributed by atoms with Gasteiger partial charge >= 0.3 is 12.1 Å². The molecular formula is C7H7N3O6. The van der Waals surface area contributed by atoms with Crippen LogP contribution in [0.25, 0.3) is 0 Å². The summed E-state index contributed by atoms with van der Waals surface area (Å²) >= 11 is 0. The van der Waals surface area contributed by atoms with Gasteiger partial charge in [0, 0.05) is 6.08 Å². The SMILES string of the molecule is NC1(C(=O)O)C=CC([N+](=O)[O-])=CN1C(=O)O. The van der Waals surface area contributed by atoms with Gasteiger partial charge in [0.15, 0.2) is 0 Å². The van der Waals surface area contributed by atoms with E-state index in [1.165, 1.54) is 0 Å². The van der Waals surface area contributed by atoms with Crippen LogP contribution in [0.5, 0.6) is 0 Å². The second-order valence-electron chi connectivity index (χ2n) is 2.93. The summed E-state index contributed by atoms with van der Waals surface area (Å²) in [6.07, 6.45) is 0.430. The van der Waals surface area contributed by atoms with Gasteiger partial charge < -0.3 is 10.2 Å². The van der Waals surface area contributed by atoms with Crippen LogP contribution in [0.4, 0.5) is 4.79 Å². The van der Waals surface area contributed by atoms with Crippen molar-refractivity contribution in [1.29, 1.82) is 0 Å². The number of allylic oxidation sites excluding steroid dienone is 1. The van der Waals surface area contributed by atoms with Gasteiger partial charge in [0.2, 0.25) is 5.66 Å². The molecular weight excluding hydrogens is 222 g/mol. The molecule has 1 amide bonds. The van der Waals surface area contributed by atoms with Gasteiger partial charge in [-0.15, -0.1) is 0 Å². The predicted molar refractivity (Wildman–Crippen MR) is 48.6 cm³/mol. The first-order valence-corrected chi connectivity index (χ1v) is 3.89. The molecule has 1 atom stereocenters. The fourth-order valence-corrected chi connectivity index (χ4v) is 1.07. The first-order valence-electron chi connectivity index (χ1n) is 3.89. The molecule has 9 nitrogen and oxygen atoms in total. The van der Waals surface area contributed by atoms with E-state index in [4.69, 9.17) is 15.9 Å². The lowest BCUT2D eigenvalue weighted by Gasteiger charge is -2.31. The molecule has 4 N–H and O–H groups in total. The number of nitro groups is 1. The molecule has 0 fully saturated rings. The largest absolute Gasteiger partial charge is 0.478 e. The molecule has 0 radical (unpaired) electrons.